The van der Waals surface area contributed by atoms with Gasteiger partial charge in [0, 0.05) is 11.5 Å². The summed E-state index contributed by atoms with van der Waals surface area (Å²) in [5.41, 5.74) is 0.955. The third-order valence-corrected chi connectivity index (χ3v) is 3.50. The van der Waals surface area contributed by atoms with Gasteiger partial charge in [-0.2, -0.15) is 5.10 Å². The minimum absolute atomic E-state index is 0.113. The van der Waals surface area contributed by atoms with Crippen LogP contribution in [0.1, 0.15) is 31.7 Å². The Hall–Kier alpha value is -1.85. The number of amides is 1. The summed E-state index contributed by atoms with van der Waals surface area (Å²) < 4.78 is 0. The van der Waals surface area contributed by atoms with E-state index in [1.54, 1.807) is 6.20 Å². The van der Waals surface area contributed by atoms with Gasteiger partial charge in [0.05, 0.1) is 12.1 Å². The Balaban J connectivity index is 1.95. The molecule has 1 aromatic rings. The predicted molar refractivity (Wildman–Crippen MR) is 65.1 cm³/mol. The SMILES string of the molecule is CCc1cn[nH]c1NC(=O)[C@@H]1CC[C@H](C(=O)O)C1. The van der Waals surface area contributed by atoms with Gasteiger partial charge in [0.1, 0.15) is 5.82 Å². The standard InChI is InChI=1S/C12H17N3O3/c1-2-7-6-13-15-10(7)14-11(16)8-3-4-9(5-8)12(17)18/h6,8-9H,2-5H2,1H3,(H,17,18)(H2,13,14,15,16)/t8-,9+/m1/s1. The Kier molecular flexibility index (Phi) is 3.64. The maximum atomic E-state index is 12.0. The van der Waals surface area contributed by atoms with Crippen LogP contribution in [0.5, 0.6) is 0 Å². The Morgan fingerprint density at radius 2 is 2.22 bits per heavy atom. The van der Waals surface area contributed by atoms with E-state index in [2.05, 4.69) is 15.5 Å². The quantitative estimate of drug-likeness (QED) is 0.754. The number of carboxylic acid groups (broad SMARTS) is 1. The van der Waals surface area contributed by atoms with E-state index < -0.39 is 5.97 Å². The molecule has 0 aliphatic heterocycles. The summed E-state index contributed by atoms with van der Waals surface area (Å²) in [6.07, 6.45) is 4.12. The highest BCUT2D eigenvalue weighted by atomic mass is 16.4. The molecule has 1 heterocycles. The number of hydrogen-bond acceptors (Lipinski definition) is 3. The lowest BCUT2D eigenvalue weighted by Crippen LogP contribution is -2.22. The number of carbonyl (C=O) groups excluding carboxylic acids is 1. The number of carbonyl (C=O) groups is 2. The van der Waals surface area contributed by atoms with E-state index in [0.29, 0.717) is 25.1 Å². The highest BCUT2D eigenvalue weighted by Gasteiger charge is 2.34. The van der Waals surface area contributed by atoms with Crippen LogP contribution in [-0.2, 0) is 16.0 Å². The van der Waals surface area contributed by atoms with Crippen molar-refractivity contribution in [2.24, 2.45) is 11.8 Å². The Bertz CT molecular complexity index is 455. The average Bonchev–Trinajstić information content (AvgIpc) is 2.96. The zero-order chi connectivity index (χ0) is 13.1. The molecule has 0 unspecified atom stereocenters. The van der Waals surface area contributed by atoms with Crippen molar-refractivity contribution < 1.29 is 14.7 Å². The van der Waals surface area contributed by atoms with Crippen molar-refractivity contribution in [2.45, 2.75) is 32.6 Å². The number of nitrogens with one attached hydrogen (secondary N) is 2. The number of rotatable bonds is 4. The summed E-state index contributed by atoms with van der Waals surface area (Å²) in [5, 5.41) is 18.3. The lowest BCUT2D eigenvalue weighted by molar-refractivity contribution is -0.141. The van der Waals surface area contributed by atoms with Crippen molar-refractivity contribution in [1.29, 1.82) is 0 Å². The molecule has 0 radical (unpaired) electrons. The molecule has 1 aliphatic carbocycles. The molecule has 1 amide bonds. The first-order valence-electron chi connectivity index (χ1n) is 6.17. The number of anilines is 1. The number of nitrogens with zero attached hydrogens (tertiary/aromatic N) is 1. The number of aromatic amines is 1. The topological polar surface area (TPSA) is 95.1 Å². The van der Waals surface area contributed by atoms with Gasteiger partial charge in [-0.1, -0.05) is 6.92 Å². The maximum Gasteiger partial charge on any atom is 0.306 e. The van der Waals surface area contributed by atoms with Gasteiger partial charge in [0.2, 0.25) is 5.91 Å². The summed E-state index contributed by atoms with van der Waals surface area (Å²) in [4.78, 5) is 22.8. The molecule has 18 heavy (non-hydrogen) atoms. The second kappa shape index (κ2) is 5.20. The molecule has 6 heteroatoms. The number of aryl methyl sites for hydroxylation is 1. The fraction of sp³-hybridized carbons (Fsp3) is 0.583. The van der Waals surface area contributed by atoms with Gasteiger partial charge in [0.25, 0.3) is 0 Å². The lowest BCUT2D eigenvalue weighted by Gasteiger charge is -2.10. The summed E-state index contributed by atoms with van der Waals surface area (Å²) in [7, 11) is 0. The van der Waals surface area contributed by atoms with E-state index in [9.17, 15) is 9.59 Å². The molecular formula is C12H17N3O3. The second-order valence-electron chi connectivity index (χ2n) is 4.66. The van der Waals surface area contributed by atoms with Crippen molar-refractivity contribution in [2.75, 3.05) is 5.32 Å². The molecule has 0 bridgehead atoms. The van der Waals surface area contributed by atoms with Crippen molar-refractivity contribution in [3.05, 3.63) is 11.8 Å². The smallest absolute Gasteiger partial charge is 0.306 e. The molecule has 6 nitrogen and oxygen atoms in total. The first-order chi connectivity index (χ1) is 8.61. The van der Waals surface area contributed by atoms with Crippen LogP contribution < -0.4 is 5.32 Å². The van der Waals surface area contributed by atoms with E-state index in [0.717, 1.165) is 12.0 Å². The van der Waals surface area contributed by atoms with Gasteiger partial charge in [-0.05, 0) is 25.7 Å². The van der Waals surface area contributed by atoms with Crippen LogP contribution in [0.25, 0.3) is 0 Å². The molecule has 98 valence electrons. The number of aromatic nitrogens is 2. The van der Waals surface area contributed by atoms with Gasteiger partial charge < -0.3 is 10.4 Å². The molecular weight excluding hydrogens is 234 g/mol. The predicted octanol–water partition coefficient (Wildman–Crippen LogP) is 1.41. The Labute approximate surface area is 105 Å². The number of H-pyrrole nitrogens is 1. The van der Waals surface area contributed by atoms with Crippen molar-refractivity contribution in [3.8, 4) is 0 Å². The van der Waals surface area contributed by atoms with Crippen molar-refractivity contribution in [3.63, 3.8) is 0 Å². The molecule has 3 N–H and O–H groups in total. The molecule has 1 aliphatic rings. The summed E-state index contributed by atoms with van der Waals surface area (Å²) in [6, 6.07) is 0. The van der Waals surface area contributed by atoms with E-state index in [1.165, 1.54) is 0 Å². The third kappa shape index (κ3) is 2.52. The average molecular weight is 251 g/mol. The van der Waals surface area contributed by atoms with Crippen LogP contribution in [0.4, 0.5) is 5.82 Å². The minimum atomic E-state index is -0.805. The Morgan fingerprint density at radius 3 is 2.83 bits per heavy atom. The monoisotopic (exact) mass is 251 g/mol. The van der Waals surface area contributed by atoms with Gasteiger partial charge >= 0.3 is 5.97 Å². The van der Waals surface area contributed by atoms with E-state index in [4.69, 9.17) is 5.11 Å². The highest BCUT2D eigenvalue weighted by Crippen LogP contribution is 2.31. The number of carboxylic acids is 1. The number of aliphatic carboxylic acids is 1. The van der Waals surface area contributed by atoms with Crippen LogP contribution >= 0.6 is 0 Å². The van der Waals surface area contributed by atoms with Crippen LogP contribution in [0.3, 0.4) is 0 Å². The zero-order valence-electron chi connectivity index (χ0n) is 10.3. The lowest BCUT2D eigenvalue weighted by atomic mass is 10.0. The summed E-state index contributed by atoms with van der Waals surface area (Å²) >= 11 is 0. The maximum absolute atomic E-state index is 12.0. The molecule has 1 saturated carbocycles. The van der Waals surface area contributed by atoms with Gasteiger partial charge in [-0.3, -0.25) is 14.7 Å². The fourth-order valence-corrected chi connectivity index (χ4v) is 2.36. The molecule has 1 fully saturated rings. The van der Waals surface area contributed by atoms with Gasteiger partial charge in [-0.15, -0.1) is 0 Å². The Morgan fingerprint density at radius 1 is 1.50 bits per heavy atom. The van der Waals surface area contributed by atoms with E-state index in [-0.39, 0.29) is 17.7 Å². The molecule has 2 atom stereocenters. The molecule has 1 aromatic heterocycles. The second-order valence-corrected chi connectivity index (χ2v) is 4.66. The first kappa shape index (κ1) is 12.6. The molecule has 2 rings (SSSR count). The van der Waals surface area contributed by atoms with E-state index >= 15 is 0 Å². The van der Waals surface area contributed by atoms with Crippen LogP contribution in [0.2, 0.25) is 0 Å². The molecule has 0 aromatic carbocycles. The molecule has 0 saturated heterocycles. The fourth-order valence-electron chi connectivity index (χ4n) is 2.36. The van der Waals surface area contributed by atoms with Crippen LogP contribution in [0.15, 0.2) is 6.20 Å². The largest absolute Gasteiger partial charge is 0.481 e. The highest BCUT2D eigenvalue weighted by molar-refractivity contribution is 5.93. The van der Waals surface area contributed by atoms with E-state index in [1.807, 2.05) is 6.92 Å². The van der Waals surface area contributed by atoms with Gasteiger partial charge in [0.15, 0.2) is 0 Å². The van der Waals surface area contributed by atoms with Crippen LogP contribution in [-0.4, -0.2) is 27.2 Å². The minimum Gasteiger partial charge on any atom is -0.481 e. The van der Waals surface area contributed by atoms with Crippen molar-refractivity contribution in [1.82, 2.24) is 10.2 Å². The van der Waals surface area contributed by atoms with Crippen molar-refractivity contribution >= 4 is 17.7 Å². The summed E-state index contributed by atoms with van der Waals surface area (Å²) in [5.74, 6) is -0.882. The normalized spacial score (nSPS) is 22.9. The zero-order valence-corrected chi connectivity index (χ0v) is 10.3. The number of hydrogen-bond donors (Lipinski definition) is 3. The third-order valence-electron chi connectivity index (χ3n) is 3.50. The summed E-state index contributed by atoms with van der Waals surface area (Å²) in [6.45, 7) is 1.98. The first-order valence-corrected chi connectivity index (χ1v) is 6.17. The van der Waals surface area contributed by atoms with Gasteiger partial charge in [-0.25, -0.2) is 0 Å². The molecule has 0 spiro atoms. The van der Waals surface area contributed by atoms with Crippen LogP contribution in [0, 0.1) is 11.8 Å².